The summed E-state index contributed by atoms with van der Waals surface area (Å²) in [5, 5.41) is 14.6. The molecule has 1 fully saturated rings. The first-order valence-corrected chi connectivity index (χ1v) is 11.6. The second kappa shape index (κ2) is 9.37. The van der Waals surface area contributed by atoms with Crippen LogP contribution in [-0.2, 0) is 16.1 Å². The summed E-state index contributed by atoms with van der Waals surface area (Å²) < 4.78 is 1.96. The predicted molar refractivity (Wildman–Crippen MR) is 142 cm³/mol. The minimum absolute atomic E-state index is 0.0179. The summed E-state index contributed by atoms with van der Waals surface area (Å²) in [5.41, 5.74) is 2.72. The number of hydrogen-bond acceptors (Lipinski definition) is 5. The van der Waals surface area contributed by atoms with E-state index in [0.29, 0.717) is 22.8 Å². The number of amides is 2. The van der Waals surface area contributed by atoms with Gasteiger partial charge in [0.1, 0.15) is 5.57 Å². The molecule has 3 aromatic carbocycles. The highest BCUT2D eigenvalue weighted by Crippen LogP contribution is 2.30. The highest BCUT2D eigenvalue weighted by atomic mass is 35.5. The molecule has 1 saturated heterocycles. The molecule has 0 unspecified atom stereocenters. The maximum absolute atomic E-state index is 13.4. The highest BCUT2D eigenvalue weighted by molar-refractivity contribution is 7.80. The Bertz CT molecular complexity index is 1590. The van der Waals surface area contributed by atoms with Gasteiger partial charge in [0, 0.05) is 41.3 Å². The van der Waals surface area contributed by atoms with E-state index in [0.717, 1.165) is 16.5 Å². The van der Waals surface area contributed by atoms with Crippen LogP contribution in [-0.4, -0.2) is 26.4 Å². The number of nitrogens with one attached hydrogen (secondary N) is 1. The lowest BCUT2D eigenvalue weighted by Crippen LogP contribution is -2.54. The Morgan fingerprint density at radius 2 is 1.69 bits per heavy atom. The molecule has 1 N–H and O–H groups in total. The van der Waals surface area contributed by atoms with E-state index in [1.54, 1.807) is 36.4 Å². The predicted octanol–water partition coefficient (Wildman–Crippen LogP) is 5.08. The Morgan fingerprint density at radius 3 is 2.42 bits per heavy atom. The number of nitro benzene ring substituents is 1. The van der Waals surface area contributed by atoms with Crippen molar-refractivity contribution >= 4 is 69.1 Å². The molecule has 0 bridgehead atoms. The third-order valence-corrected chi connectivity index (χ3v) is 6.42. The molecule has 4 aromatic rings. The summed E-state index contributed by atoms with van der Waals surface area (Å²) in [6.07, 6.45) is 3.38. The van der Waals surface area contributed by atoms with E-state index in [4.69, 9.17) is 23.8 Å². The Kier molecular flexibility index (Phi) is 6.09. The Balaban J connectivity index is 1.55. The maximum Gasteiger partial charge on any atom is 0.270 e. The van der Waals surface area contributed by atoms with Crippen LogP contribution in [0.25, 0.3) is 17.0 Å². The monoisotopic (exact) mass is 516 g/mol. The third kappa shape index (κ3) is 4.26. The summed E-state index contributed by atoms with van der Waals surface area (Å²) in [6.45, 7) is 0.442. The van der Waals surface area contributed by atoms with Crippen molar-refractivity contribution < 1.29 is 14.5 Å². The average molecular weight is 517 g/mol. The molecule has 0 spiro atoms. The first-order chi connectivity index (χ1) is 17.3. The third-order valence-electron chi connectivity index (χ3n) is 5.81. The van der Waals surface area contributed by atoms with Gasteiger partial charge in [-0.1, -0.05) is 54.1 Å². The Hall–Kier alpha value is -4.34. The van der Waals surface area contributed by atoms with E-state index < -0.39 is 16.7 Å². The van der Waals surface area contributed by atoms with E-state index in [1.807, 2.05) is 35.0 Å². The molecule has 0 aliphatic carbocycles. The second-order valence-corrected chi connectivity index (χ2v) is 8.86. The molecule has 1 aliphatic heterocycles. The molecule has 178 valence electrons. The number of carbonyl (C=O) groups excluding carboxylic acids is 2. The van der Waals surface area contributed by atoms with Crippen molar-refractivity contribution in [1.29, 1.82) is 0 Å². The average Bonchev–Trinajstić information content (AvgIpc) is 3.20. The van der Waals surface area contributed by atoms with Crippen molar-refractivity contribution in [1.82, 2.24) is 9.88 Å². The van der Waals surface area contributed by atoms with Gasteiger partial charge in [-0.2, -0.15) is 0 Å². The van der Waals surface area contributed by atoms with Crippen LogP contribution in [0.5, 0.6) is 0 Å². The molecule has 1 aromatic heterocycles. The summed E-state index contributed by atoms with van der Waals surface area (Å²) in [5.74, 6) is -1.18. The molecule has 2 heterocycles. The number of thiocarbonyl (C=S) groups is 1. The fourth-order valence-corrected chi connectivity index (χ4v) is 4.60. The fraction of sp³-hybridized carbons (Fsp3) is 0.0385. The van der Waals surface area contributed by atoms with Crippen LogP contribution in [0.4, 0.5) is 11.4 Å². The van der Waals surface area contributed by atoms with Gasteiger partial charge in [0.05, 0.1) is 15.6 Å². The number of fused-ring (bicyclic) bond motifs is 1. The Morgan fingerprint density at radius 1 is 1.00 bits per heavy atom. The lowest BCUT2D eigenvalue weighted by molar-refractivity contribution is -0.384. The number of nitro groups is 1. The molecular weight excluding hydrogens is 500 g/mol. The molecular formula is C26H17ClN4O4S. The molecule has 0 atom stereocenters. The number of halogens is 1. The standard InChI is InChI=1S/C26H17ClN4O4S/c27-21-6-2-4-8-23(21)30-25(33)20(24(32)28-26(30)36)13-17-15-29(22-7-3-1-5-19(17)22)14-16-9-11-18(12-10-16)31(34)35/h1-13,15H,14H2,(H,28,32,36)/b20-13+. The first kappa shape index (κ1) is 23.4. The number of para-hydroxylation sites is 2. The number of aromatic nitrogens is 1. The highest BCUT2D eigenvalue weighted by Gasteiger charge is 2.35. The zero-order valence-electron chi connectivity index (χ0n) is 18.6. The van der Waals surface area contributed by atoms with Crippen LogP contribution >= 0.6 is 23.8 Å². The molecule has 10 heteroatoms. The van der Waals surface area contributed by atoms with E-state index in [-0.39, 0.29) is 16.4 Å². The molecule has 0 radical (unpaired) electrons. The minimum atomic E-state index is -0.597. The van der Waals surface area contributed by atoms with E-state index in [2.05, 4.69) is 5.32 Å². The lowest BCUT2D eigenvalue weighted by atomic mass is 10.1. The van der Waals surface area contributed by atoms with Crippen LogP contribution < -0.4 is 10.2 Å². The van der Waals surface area contributed by atoms with Crippen molar-refractivity contribution in [2.45, 2.75) is 6.54 Å². The van der Waals surface area contributed by atoms with E-state index >= 15 is 0 Å². The van der Waals surface area contributed by atoms with E-state index in [1.165, 1.54) is 23.1 Å². The maximum atomic E-state index is 13.4. The van der Waals surface area contributed by atoms with Crippen molar-refractivity contribution in [3.05, 3.63) is 111 Å². The van der Waals surface area contributed by atoms with Crippen LogP contribution in [0.3, 0.4) is 0 Å². The number of anilines is 1. The Labute approximate surface area is 215 Å². The number of benzene rings is 3. The van der Waals surface area contributed by atoms with Gasteiger partial charge in [-0.05, 0) is 42.1 Å². The number of nitrogens with zero attached hydrogens (tertiary/aromatic N) is 3. The van der Waals surface area contributed by atoms with Crippen LogP contribution in [0, 0.1) is 10.1 Å². The van der Waals surface area contributed by atoms with Gasteiger partial charge < -0.3 is 4.57 Å². The van der Waals surface area contributed by atoms with Gasteiger partial charge in [-0.3, -0.25) is 29.9 Å². The van der Waals surface area contributed by atoms with Gasteiger partial charge in [0.2, 0.25) is 0 Å². The number of carbonyl (C=O) groups is 2. The van der Waals surface area contributed by atoms with Crippen molar-refractivity contribution in [3.8, 4) is 0 Å². The van der Waals surface area contributed by atoms with Gasteiger partial charge in [0.15, 0.2) is 5.11 Å². The van der Waals surface area contributed by atoms with E-state index in [9.17, 15) is 19.7 Å². The van der Waals surface area contributed by atoms with Gasteiger partial charge >= 0.3 is 0 Å². The molecule has 0 saturated carbocycles. The van der Waals surface area contributed by atoms with Gasteiger partial charge in [-0.15, -0.1) is 0 Å². The normalized spacial score (nSPS) is 15.0. The second-order valence-electron chi connectivity index (χ2n) is 8.06. The number of non-ortho nitro benzene ring substituents is 1. The SMILES string of the molecule is O=C1NC(=S)N(c2ccccc2Cl)C(=O)/C1=C/c1cn(Cc2ccc([N+](=O)[O-])cc2)c2ccccc12. The first-order valence-electron chi connectivity index (χ1n) is 10.8. The fourth-order valence-electron chi connectivity index (χ4n) is 4.11. The molecule has 8 nitrogen and oxygen atoms in total. The number of hydrogen-bond donors (Lipinski definition) is 1. The molecule has 1 aliphatic rings. The molecule has 5 rings (SSSR count). The molecule has 2 amide bonds. The smallest absolute Gasteiger partial charge is 0.270 e. The topological polar surface area (TPSA) is 97.5 Å². The summed E-state index contributed by atoms with van der Waals surface area (Å²) >= 11 is 11.6. The largest absolute Gasteiger partial charge is 0.342 e. The van der Waals surface area contributed by atoms with Crippen molar-refractivity contribution in [3.63, 3.8) is 0 Å². The van der Waals surface area contributed by atoms with Crippen LogP contribution in [0.15, 0.2) is 84.6 Å². The zero-order chi connectivity index (χ0) is 25.4. The molecule has 36 heavy (non-hydrogen) atoms. The van der Waals surface area contributed by atoms with Crippen molar-refractivity contribution in [2.24, 2.45) is 0 Å². The lowest BCUT2D eigenvalue weighted by Gasteiger charge is -2.29. The summed E-state index contributed by atoms with van der Waals surface area (Å²) in [4.78, 5) is 37.9. The minimum Gasteiger partial charge on any atom is -0.342 e. The van der Waals surface area contributed by atoms with Crippen molar-refractivity contribution in [2.75, 3.05) is 4.90 Å². The summed E-state index contributed by atoms with van der Waals surface area (Å²) in [6, 6.07) is 20.7. The van der Waals surface area contributed by atoms with Gasteiger partial charge in [-0.25, -0.2) is 0 Å². The van der Waals surface area contributed by atoms with Crippen LogP contribution in [0.2, 0.25) is 5.02 Å². The van der Waals surface area contributed by atoms with Gasteiger partial charge in [0.25, 0.3) is 17.5 Å². The number of rotatable bonds is 5. The quantitative estimate of drug-likeness (QED) is 0.131. The summed E-state index contributed by atoms with van der Waals surface area (Å²) in [7, 11) is 0. The van der Waals surface area contributed by atoms with Crippen LogP contribution in [0.1, 0.15) is 11.1 Å². The zero-order valence-corrected chi connectivity index (χ0v) is 20.1.